The van der Waals surface area contributed by atoms with E-state index in [0.29, 0.717) is 16.8 Å². The summed E-state index contributed by atoms with van der Waals surface area (Å²) in [5.74, 6) is 0.000787. The molecule has 1 aliphatic heterocycles. The van der Waals surface area contributed by atoms with Crippen LogP contribution in [0.3, 0.4) is 0 Å². The van der Waals surface area contributed by atoms with E-state index >= 15 is 0 Å². The Hall–Kier alpha value is -2.82. The van der Waals surface area contributed by atoms with Gasteiger partial charge >= 0.3 is 0 Å². The summed E-state index contributed by atoms with van der Waals surface area (Å²) >= 11 is 0. The standard InChI is InChI=1S/C20H20N4/c1-12-4-5-13(2)15(8-12)19-17(10-22)20(23)16(9-21)14-6-7-24(3)11-18(14)19/h4-6,8,18H,7,11,23H2,1-3H3. The molecule has 1 heterocycles. The Morgan fingerprint density at radius 1 is 1.17 bits per heavy atom. The number of nitrogens with two attached hydrogens (primary N) is 1. The molecule has 2 aliphatic rings. The number of likely N-dealkylation sites (N-methyl/N-ethyl adjacent to an activating group) is 1. The first-order valence-corrected chi connectivity index (χ1v) is 7.99. The van der Waals surface area contributed by atoms with Crippen LogP contribution in [-0.4, -0.2) is 25.0 Å². The van der Waals surface area contributed by atoms with E-state index in [1.165, 1.54) is 0 Å². The topological polar surface area (TPSA) is 76.8 Å². The van der Waals surface area contributed by atoms with Crippen molar-refractivity contribution in [1.29, 1.82) is 10.5 Å². The zero-order valence-electron chi connectivity index (χ0n) is 14.2. The van der Waals surface area contributed by atoms with E-state index in [9.17, 15) is 10.5 Å². The summed E-state index contributed by atoms with van der Waals surface area (Å²) in [7, 11) is 2.05. The fourth-order valence-corrected chi connectivity index (χ4v) is 3.60. The van der Waals surface area contributed by atoms with Crippen LogP contribution in [0, 0.1) is 42.4 Å². The lowest BCUT2D eigenvalue weighted by molar-refractivity contribution is 0.332. The highest BCUT2D eigenvalue weighted by molar-refractivity contribution is 5.86. The number of rotatable bonds is 1. The average Bonchev–Trinajstić information content (AvgIpc) is 2.56. The molecule has 0 bridgehead atoms. The lowest BCUT2D eigenvalue weighted by Gasteiger charge is -2.36. The van der Waals surface area contributed by atoms with Gasteiger partial charge in [-0.15, -0.1) is 0 Å². The van der Waals surface area contributed by atoms with E-state index in [1.54, 1.807) is 0 Å². The first kappa shape index (κ1) is 16.1. The molecular weight excluding hydrogens is 296 g/mol. The molecule has 0 amide bonds. The minimum atomic E-state index is 0.000787. The molecule has 24 heavy (non-hydrogen) atoms. The fourth-order valence-electron chi connectivity index (χ4n) is 3.60. The highest BCUT2D eigenvalue weighted by Crippen LogP contribution is 2.44. The Morgan fingerprint density at radius 3 is 2.54 bits per heavy atom. The Bertz CT molecular complexity index is 887. The second kappa shape index (κ2) is 6.00. The van der Waals surface area contributed by atoms with E-state index in [1.807, 2.05) is 20.9 Å². The second-order valence-electron chi connectivity index (χ2n) is 6.55. The van der Waals surface area contributed by atoms with Gasteiger partial charge in [0.25, 0.3) is 0 Å². The van der Waals surface area contributed by atoms with Crippen LogP contribution in [0.15, 0.2) is 46.7 Å². The van der Waals surface area contributed by atoms with E-state index < -0.39 is 0 Å². The molecule has 4 heteroatoms. The summed E-state index contributed by atoms with van der Waals surface area (Å²) in [6.45, 7) is 5.65. The molecule has 0 fully saturated rings. The molecule has 0 aromatic heterocycles. The third-order valence-corrected chi connectivity index (χ3v) is 4.84. The maximum Gasteiger partial charge on any atom is 0.102 e. The molecular formula is C20H20N4. The molecule has 3 rings (SSSR count). The van der Waals surface area contributed by atoms with Crippen LogP contribution in [0.4, 0.5) is 0 Å². The third-order valence-electron chi connectivity index (χ3n) is 4.84. The van der Waals surface area contributed by atoms with Crippen LogP contribution in [0.1, 0.15) is 16.7 Å². The molecule has 4 nitrogen and oxygen atoms in total. The first-order valence-electron chi connectivity index (χ1n) is 7.99. The Morgan fingerprint density at radius 2 is 1.88 bits per heavy atom. The van der Waals surface area contributed by atoms with E-state index in [-0.39, 0.29) is 5.92 Å². The molecule has 0 saturated carbocycles. The van der Waals surface area contributed by atoms with Gasteiger partial charge < -0.3 is 10.6 Å². The first-order chi connectivity index (χ1) is 11.5. The third kappa shape index (κ3) is 2.42. The van der Waals surface area contributed by atoms with Crippen molar-refractivity contribution >= 4 is 5.57 Å². The van der Waals surface area contributed by atoms with E-state index in [2.05, 4.69) is 41.3 Å². The average molecular weight is 316 g/mol. The van der Waals surface area contributed by atoms with Gasteiger partial charge in [-0.3, -0.25) is 0 Å². The number of aryl methyl sites for hydroxylation is 2. The Kier molecular flexibility index (Phi) is 4.01. The van der Waals surface area contributed by atoms with Crippen molar-refractivity contribution in [2.75, 3.05) is 20.1 Å². The summed E-state index contributed by atoms with van der Waals surface area (Å²) in [5.41, 5.74) is 12.7. The van der Waals surface area contributed by atoms with Gasteiger partial charge in [-0.05, 0) is 43.2 Å². The van der Waals surface area contributed by atoms with E-state index in [4.69, 9.17) is 5.73 Å². The van der Waals surface area contributed by atoms with Crippen molar-refractivity contribution in [3.63, 3.8) is 0 Å². The number of hydrogen-bond acceptors (Lipinski definition) is 4. The quantitative estimate of drug-likeness (QED) is 0.864. The number of benzene rings is 1. The summed E-state index contributed by atoms with van der Waals surface area (Å²) < 4.78 is 0. The normalized spacial score (nSPS) is 21.0. The predicted octanol–water partition coefficient (Wildman–Crippen LogP) is 2.82. The van der Waals surface area contributed by atoms with Gasteiger partial charge in [-0.25, -0.2) is 0 Å². The molecule has 0 saturated heterocycles. The van der Waals surface area contributed by atoms with Crippen molar-refractivity contribution < 1.29 is 0 Å². The molecule has 1 aliphatic carbocycles. The molecule has 1 unspecified atom stereocenters. The second-order valence-corrected chi connectivity index (χ2v) is 6.55. The van der Waals surface area contributed by atoms with Gasteiger partial charge in [0.1, 0.15) is 12.1 Å². The molecule has 120 valence electrons. The van der Waals surface area contributed by atoms with E-state index in [0.717, 1.165) is 40.9 Å². The van der Waals surface area contributed by atoms with Crippen molar-refractivity contribution in [3.05, 3.63) is 63.4 Å². The lowest BCUT2D eigenvalue weighted by atomic mass is 9.73. The van der Waals surface area contributed by atoms with Crippen LogP contribution < -0.4 is 5.73 Å². The molecule has 1 aromatic carbocycles. The maximum atomic E-state index is 9.76. The zero-order chi connectivity index (χ0) is 17.4. The van der Waals surface area contributed by atoms with Crippen molar-refractivity contribution in [2.45, 2.75) is 13.8 Å². The van der Waals surface area contributed by atoms with Crippen LogP contribution in [0.2, 0.25) is 0 Å². The number of nitrogens with zero attached hydrogens (tertiary/aromatic N) is 3. The molecule has 0 radical (unpaired) electrons. The van der Waals surface area contributed by atoms with Gasteiger partial charge in [-0.2, -0.15) is 10.5 Å². The fraction of sp³-hybridized carbons (Fsp3) is 0.300. The summed E-state index contributed by atoms with van der Waals surface area (Å²) in [6.07, 6.45) is 2.07. The minimum Gasteiger partial charge on any atom is -0.397 e. The number of allylic oxidation sites excluding steroid dienone is 2. The summed E-state index contributed by atoms with van der Waals surface area (Å²) in [6, 6.07) is 10.7. The van der Waals surface area contributed by atoms with Crippen molar-refractivity contribution in [1.82, 2.24) is 4.90 Å². The smallest absolute Gasteiger partial charge is 0.102 e. The largest absolute Gasteiger partial charge is 0.397 e. The van der Waals surface area contributed by atoms with Gasteiger partial charge in [0.05, 0.1) is 16.8 Å². The minimum absolute atomic E-state index is 0.000787. The monoisotopic (exact) mass is 316 g/mol. The molecule has 1 aromatic rings. The molecule has 2 N–H and O–H groups in total. The Balaban J connectivity index is 2.35. The number of hydrogen-bond donors (Lipinski definition) is 1. The van der Waals surface area contributed by atoms with Crippen LogP contribution >= 0.6 is 0 Å². The molecule has 0 spiro atoms. The van der Waals surface area contributed by atoms with Gasteiger partial charge in [0.15, 0.2) is 0 Å². The van der Waals surface area contributed by atoms with Crippen LogP contribution in [-0.2, 0) is 0 Å². The predicted molar refractivity (Wildman–Crippen MR) is 94.3 cm³/mol. The van der Waals surface area contributed by atoms with Gasteiger partial charge in [0.2, 0.25) is 0 Å². The van der Waals surface area contributed by atoms with Crippen molar-refractivity contribution in [3.8, 4) is 12.1 Å². The summed E-state index contributed by atoms with van der Waals surface area (Å²) in [4.78, 5) is 2.20. The Labute approximate surface area is 142 Å². The number of nitriles is 2. The zero-order valence-corrected chi connectivity index (χ0v) is 14.2. The van der Waals surface area contributed by atoms with Crippen LogP contribution in [0.25, 0.3) is 5.57 Å². The summed E-state index contributed by atoms with van der Waals surface area (Å²) in [5, 5.41) is 19.3. The van der Waals surface area contributed by atoms with Crippen molar-refractivity contribution in [2.24, 2.45) is 11.7 Å². The van der Waals surface area contributed by atoms with Gasteiger partial charge in [-0.1, -0.05) is 29.8 Å². The molecule has 1 atom stereocenters. The maximum absolute atomic E-state index is 9.76. The SMILES string of the molecule is Cc1ccc(C)c(C2=C(C#N)C(N)=C(C#N)C3=CCN(C)CC32)c1. The number of fused-ring (bicyclic) bond motifs is 1. The lowest BCUT2D eigenvalue weighted by Crippen LogP contribution is -2.35. The van der Waals surface area contributed by atoms with Gasteiger partial charge in [0, 0.05) is 19.0 Å². The highest BCUT2D eigenvalue weighted by atomic mass is 15.1. The van der Waals surface area contributed by atoms with Crippen LogP contribution in [0.5, 0.6) is 0 Å². The highest BCUT2D eigenvalue weighted by Gasteiger charge is 2.36.